The van der Waals surface area contributed by atoms with Gasteiger partial charge < -0.3 is 4.74 Å². The predicted molar refractivity (Wildman–Crippen MR) is 82.4 cm³/mol. The molecule has 7 nitrogen and oxygen atoms in total. The number of imide groups is 1. The molecule has 1 fully saturated rings. The van der Waals surface area contributed by atoms with Crippen LogP contribution >= 0.6 is 0 Å². The number of benzene rings is 1. The first-order valence-corrected chi connectivity index (χ1v) is 7.72. The molecular formula is C16H17F3N2O5. The maximum absolute atomic E-state index is 14.0. The van der Waals surface area contributed by atoms with Gasteiger partial charge in [0.05, 0.1) is 5.92 Å². The Morgan fingerprint density at radius 1 is 1.23 bits per heavy atom. The standard InChI is InChI=1S/C16H17F3N2O5/c1-16(2,3)26-15(23)20-7-13(21(24)25)9(5-14(20)22)8-4-11(18)12(19)6-10(8)17/h4,6,9,13H,5,7H2,1-3H3/t9-,13+/m1/s1. The molecule has 1 aliphatic rings. The van der Waals surface area contributed by atoms with E-state index in [9.17, 15) is 32.9 Å². The van der Waals surface area contributed by atoms with Crippen molar-refractivity contribution in [1.29, 1.82) is 0 Å². The summed E-state index contributed by atoms with van der Waals surface area (Å²) in [7, 11) is 0. The highest BCUT2D eigenvalue weighted by Crippen LogP contribution is 2.34. The van der Waals surface area contributed by atoms with E-state index in [0.717, 1.165) is 0 Å². The number of likely N-dealkylation sites (tertiary alicyclic amines) is 1. The van der Waals surface area contributed by atoms with Crippen molar-refractivity contribution >= 4 is 12.0 Å². The van der Waals surface area contributed by atoms with E-state index in [4.69, 9.17) is 4.74 Å². The molecule has 142 valence electrons. The zero-order chi connectivity index (χ0) is 19.8. The average Bonchev–Trinajstić information content (AvgIpc) is 2.48. The number of rotatable bonds is 2. The lowest BCUT2D eigenvalue weighted by molar-refractivity contribution is -0.527. The molecule has 2 atom stereocenters. The molecule has 0 spiro atoms. The van der Waals surface area contributed by atoms with Crippen molar-refractivity contribution in [3.8, 4) is 0 Å². The van der Waals surface area contributed by atoms with Crippen LogP contribution in [0.25, 0.3) is 0 Å². The van der Waals surface area contributed by atoms with E-state index in [1.165, 1.54) is 0 Å². The lowest BCUT2D eigenvalue weighted by Crippen LogP contribution is -2.53. The van der Waals surface area contributed by atoms with Gasteiger partial charge in [-0.2, -0.15) is 0 Å². The fraction of sp³-hybridized carbons (Fsp3) is 0.500. The highest BCUT2D eigenvalue weighted by Gasteiger charge is 2.46. The van der Waals surface area contributed by atoms with Crippen LogP contribution in [0.5, 0.6) is 0 Å². The number of carbonyl (C=O) groups excluding carboxylic acids is 2. The number of ether oxygens (including phenoxy) is 1. The Balaban J connectivity index is 2.35. The van der Waals surface area contributed by atoms with Crippen molar-refractivity contribution in [3.63, 3.8) is 0 Å². The molecule has 0 N–H and O–H groups in total. The van der Waals surface area contributed by atoms with E-state index < -0.39 is 70.5 Å². The number of hydrogen-bond acceptors (Lipinski definition) is 5. The van der Waals surface area contributed by atoms with Crippen molar-refractivity contribution in [2.75, 3.05) is 6.54 Å². The second-order valence-electron chi connectivity index (χ2n) is 6.94. The van der Waals surface area contributed by atoms with Crippen LogP contribution in [0.15, 0.2) is 12.1 Å². The normalized spacial score (nSPS) is 20.8. The molecule has 1 aliphatic heterocycles. The third-order valence-electron chi connectivity index (χ3n) is 3.85. The summed E-state index contributed by atoms with van der Waals surface area (Å²) >= 11 is 0. The fourth-order valence-corrected chi connectivity index (χ4v) is 2.70. The molecule has 0 unspecified atom stereocenters. The summed E-state index contributed by atoms with van der Waals surface area (Å²) in [6.07, 6.45) is -1.68. The maximum atomic E-state index is 14.0. The Kier molecular flexibility index (Phi) is 5.24. The molecule has 1 aromatic rings. The summed E-state index contributed by atoms with van der Waals surface area (Å²) in [5, 5.41) is 11.4. The van der Waals surface area contributed by atoms with Crippen molar-refractivity contribution in [1.82, 2.24) is 4.90 Å². The van der Waals surface area contributed by atoms with Crippen LogP contribution in [0.1, 0.15) is 38.7 Å². The van der Waals surface area contributed by atoms with Crippen molar-refractivity contribution in [3.05, 3.63) is 45.3 Å². The van der Waals surface area contributed by atoms with Crippen LogP contribution in [0.3, 0.4) is 0 Å². The molecule has 1 aromatic carbocycles. The Labute approximate surface area is 146 Å². The second kappa shape index (κ2) is 6.93. The van der Waals surface area contributed by atoms with Gasteiger partial charge >= 0.3 is 6.09 Å². The number of amides is 2. The fourth-order valence-electron chi connectivity index (χ4n) is 2.70. The third kappa shape index (κ3) is 4.12. The first-order chi connectivity index (χ1) is 11.9. The average molecular weight is 374 g/mol. The van der Waals surface area contributed by atoms with Crippen LogP contribution < -0.4 is 0 Å². The van der Waals surface area contributed by atoms with Crippen LogP contribution in [0.2, 0.25) is 0 Å². The Morgan fingerprint density at radius 3 is 2.35 bits per heavy atom. The van der Waals surface area contributed by atoms with Gasteiger partial charge in [-0.3, -0.25) is 14.9 Å². The molecule has 0 radical (unpaired) electrons. The third-order valence-corrected chi connectivity index (χ3v) is 3.85. The number of piperidine rings is 1. The van der Waals surface area contributed by atoms with E-state index in [1.807, 2.05) is 0 Å². The van der Waals surface area contributed by atoms with Gasteiger partial charge in [-0.15, -0.1) is 0 Å². The van der Waals surface area contributed by atoms with Crippen molar-refractivity contribution in [2.24, 2.45) is 0 Å². The monoisotopic (exact) mass is 374 g/mol. The quantitative estimate of drug-likeness (QED) is 0.451. The molecule has 2 rings (SSSR count). The molecule has 0 aromatic heterocycles. The van der Waals surface area contributed by atoms with Crippen LogP contribution in [-0.4, -0.2) is 40.0 Å². The second-order valence-corrected chi connectivity index (χ2v) is 6.94. The van der Waals surface area contributed by atoms with Gasteiger partial charge in [0.15, 0.2) is 11.6 Å². The molecule has 1 saturated heterocycles. The molecule has 2 amide bonds. The first-order valence-electron chi connectivity index (χ1n) is 7.72. The number of nitrogens with zero attached hydrogens (tertiary/aromatic N) is 2. The number of carbonyl (C=O) groups is 2. The van der Waals surface area contributed by atoms with Crippen LogP contribution in [0, 0.1) is 27.6 Å². The molecule has 26 heavy (non-hydrogen) atoms. The van der Waals surface area contributed by atoms with Gasteiger partial charge in [0, 0.05) is 23.0 Å². The lowest BCUT2D eigenvalue weighted by atomic mass is 9.85. The Hall–Kier alpha value is -2.65. The summed E-state index contributed by atoms with van der Waals surface area (Å²) < 4.78 is 45.6. The van der Waals surface area contributed by atoms with Crippen LogP contribution in [0.4, 0.5) is 18.0 Å². The number of halogens is 3. The largest absolute Gasteiger partial charge is 0.443 e. The number of nitro groups is 1. The van der Waals surface area contributed by atoms with Gasteiger partial charge in [-0.1, -0.05) is 0 Å². The first kappa shape index (κ1) is 19.7. The van der Waals surface area contributed by atoms with Gasteiger partial charge in [-0.05, 0) is 26.8 Å². The minimum Gasteiger partial charge on any atom is -0.443 e. The Bertz CT molecular complexity index is 763. The minimum atomic E-state index is -1.58. The van der Waals surface area contributed by atoms with Gasteiger partial charge in [0.1, 0.15) is 18.0 Å². The summed E-state index contributed by atoms with van der Waals surface area (Å²) in [6, 6.07) is -0.811. The maximum Gasteiger partial charge on any atom is 0.417 e. The van der Waals surface area contributed by atoms with Gasteiger partial charge in [0.2, 0.25) is 11.9 Å². The Morgan fingerprint density at radius 2 is 1.81 bits per heavy atom. The summed E-state index contributed by atoms with van der Waals surface area (Å²) in [4.78, 5) is 35.5. The van der Waals surface area contributed by atoms with Crippen molar-refractivity contribution in [2.45, 2.75) is 44.8 Å². The van der Waals surface area contributed by atoms with Gasteiger partial charge in [-0.25, -0.2) is 22.9 Å². The highest BCUT2D eigenvalue weighted by atomic mass is 19.2. The van der Waals surface area contributed by atoms with E-state index in [-0.39, 0.29) is 6.07 Å². The summed E-state index contributed by atoms with van der Waals surface area (Å²) in [5.41, 5.74) is -1.41. The lowest BCUT2D eigenvalue weighted by Gasteiger charge is -2.33. The van der Waals surface area contributed by atoms with Crippen molar-refractivity contribution < 1.29 is 32.4 Å². The smallest absolute Gasteiger partial charge is 0.417 e. The topological polar surface area (TPSA) is 89.8 Å². The summed E-state index contributed by atoms with van der Waals surface area (Å²) in [6.45, 7) is 4.02. The molecule has 0 saturated carbocycles. The molecule has 0 bridgehead atoms. The minimum absolute atomic E-state index is 0.270. The van der Waals surface area contributed by atoms with E-state index in [0.29, 0.717) is 11.0 Å². The van der Waals surface area contributed by atoms with E-state index in [2.05, 4.69) is 0 Å². The zero-order valence-corrected chi connectivity index (χ0v) is 14.3. The van der Waals surface area contributed by atoms with Gasteiger partial charge in [0.25, 0.3) is 0 Å². The predicted octanol–water partition coefficient (Wildman–Crippen LogP) is 3.00. The van der Waals surface area contributed by atoms with E-state index >= 15 is 0 Å². The van der Waals surface area contributed by atoms with E-state index in [1.54, 1.807) is 20.8 Å². The molecule has 10 heteroatoms. The number of hydrogen-bond donors (Lipinski definition) is 0. The van der Waals surface area contributed by atoms with Crippen LogP contribution in [-0.2, 0) is 9.53 Å². The highest BCUT2D eigenvalue weighted by molar-refractivity contribution is 5.93. The SMILES string of the molecule is CC(C)(C)OC(=O)N1C[C@H]([N+](=O)[O-])[C@@H](c2cc(F)c(F)cc2F)CC1=O. The molecular weight excluding hydrogens is 357 g/mol. The molecule has 0 aliphatic carbocycles. The molecule has 1 heterocycles. The summed E-state index contributed by atoms with van der Waals surface area (Å²) in [5.74, 6) is -6.19. The zero-order valence-electron chi connectivity index (χ0n) is 14.3.